The molecule has 2 rings (SSSR count). The van der Waals surface area contributed by atoms with Gasteiger partial charge in [0.2, 0.25) is 0 Å². The van der Waals surface area contributed by atoms with Crippen LogP contribution in [0.15, 0.2) is 54.6 Å². The Balaban J connectivity index is 1.90. The number of phenols is 1. The molecule has 3 N–H and O–H groups in total. The fourth-order valence-corrected chi connectivity index (χ4v) is 2.91. The highest BCUT2D eigenvalue weighted by molar-refractivity contribution is 5.26. The summed E-state index contributed by atoms with van der Waals surface area (Å²) in [5, 5.41) is 9.36. The number of aromatic hydroxyl groups is 1. The average molecular weight is 297 g/mol. The molecule has 2 heteroatoms. The highest BCUT2D eigenvalue weighted by atomic mass is 16.3. The lowest BCUT2D eigenvalue weighted by atomic mass is 9.89. The van der Waals surface area contributed by atoms with Crippen LogP contribution in [-0.2, 0) is 12.8 Å². The third kappa shape index (κ3) is 5.90. The van der Waals surface area contributed by atoms with Gasteiger partial charge in [-0.15, -0.1) is 0 Å². The van der Waals surface area contributed by atoms with Gasteiger partial charge in [-0.3, -0.25) is 0 Å². The largest absolute Gasteiger partial charge is 0.508 e. The molecule has 0 saturated heterocycles. The van der Waals surface area contributed by atoms with Crippen LogP contribution in [0.5, 0.6) is 5.75 Å². The van der Waals surface area contributed by atoms with Crippen LogP contribution in [0.25, 0.3) is 0 Å². The molecule has 2 nitrogen and oxygen atoms in total. The maximum Gasteiger partial charge on any atom is 0.115 e. The van der Waals surface area contributed by atoms with Crippen molar-refractivity contribution >= 4 is 0 Å². The quantitative estimate of drug-likeness (QED) is 0.677. The van der Waals surface area contributed by atoms with Crippen molar-refractivity contribution in [1.82, 2.24) is 0 Å². The Hall–Kier alpha value is -1.80. The smallest absolute Gasteiger partial charge is 0.115 e. The van der Waals surface area contributed by atoms with Crippen LogP contribution in [0, 0.1) is 5.92 Å². The minimum absolute atomic E-state index is 0.340. The van der Waals surface area contributed by atoms with E-state index in [1.54, 1.807) is 12.1 Å². The van der Waals surface area contributed by atoms with Crippen LogP contribution >= 0.6 is 0 Å². The van der Waals surface area contributed by atoms with E-state index in [1.807, 2.05) is 12.1 Å². The van der Waals surface area contributed by atoms with Crippen LogP contribution in [-0.4, -0.2) is 11.7 Å². The van der Waals surface area contributed by atoms with Crippen LogP contribution in [0.1, 0.15) is 36.8 Å². The van der Waals surface area contributed by atoms with Crippen LogP contribution < -0.4 is 5.73 Å². The molecule has 0 bridgehead atoms. The standard InChI is InChI=1S/C20H27NO/c21-15-5-4-8-19(16-18-6-2-1-3-7-18)10-9-17-11-13-20(22)14-12-17/h1-3,6-7,11-14,19,22H,4-5,8-10,15-16,21H2. The summed E-state index contributed by atoms with van der Waals surface area (Å²) in [6.45, 7) is 0.788. The van der Waals surface area contributed by atoms with Crippen molar-refractivity contribution in [3.05, 3.63) is 65.7 Å². The van der Waals surface area contributed by atoms with Crippen molar-refractivity contribution in [2.75, 3.05) is 6.54 Å². The summed E-state index contributed by atoms with van der Waals surface area (Å²) < 4.78 is 0. The highest BCUT2D eigenvalue weighted by Crippen LogP contribution is 2.21. The minimum Gasteiger partial charge on any atom is -0.508 e. The Morgan fingerprint density at radius 1 is 0.818 bits per heavy atom. The van der Waals surface area contributed by atoms with Gasteiger partial charge in [-0.1, -0.05) is 55.3 Å². The zero-order valence-corrected chi connectivity index (χ0v) is 13.2. The summed E-state index contributed by atoms with van der Waals surface area (Å²) in [4.78, 5) is 0. The maximum atomic E-state index is 9.36. The molecule has 0 aromatic heterocycles. The number of hydrogen-bond donors (Lipinski definition) is 2. The molecule has 0 radical (unpaired) electrons. The van der Waals surface area contributed by atoms with Gasteiger partial charge in [0, 0.05) is 0 Å². The second kappa shape index (κ2) is 9.26. The lowest BCUT2D eigenvalue weighted by molar-refractivity contribution is 0.428. The first-order valence-electron chi connectivity index (χ1n) is 8.30. The van der Waals surface area contributed by atoms with E-state index in [0.29, 0.717) is 11.7 Å². The fourth-order valence-electron chi connectivity index (χ4n) is 2.91. The summed E-state index contributed by atoms with van der Waals surface area (Å²) in [7, 11) is 0. The van der Waals surface area contributed by atoms with Crippen LogP contribution in [0.3, 0.4) is 0 Å². The molecule has 0 aliphatic carbocycles. The Morgan fingerprint density at radius 3 is 2.23 bits per heavy atom. The molecule has 22 heavy (non-hydrogen) atoms. The number of nitrogens with two attached hydrogens (primary N) is 1. The molecule has 2 aromatic carbocycles. The Morgan fingerprint density at radius 2 is 1.55 bits per heavy atom. The van der Waals surface area contributed by atoms with E-state index in [0.717, 1.165) is 25.8 Å². The van der Waals surface area contributed by atoms with Gasteiger partial charge in [0.1, 0.15) is 5.75 Å². The van der Waals surface area contributed by atoms with Crippen molar-refractivity contribution in [1.29, 1.82) is 0 Å². The number of unbranched alkanes of at least 4 members (excludes halogenated alkanes) is 1. The van der Waals surface area contributed by atoms with E-state index >= 15 is 0 Å². The average Bonchev–Trinajstić information content (AvgIpc) is 2.55. The minimum atomic E-state index is 0.340. The number of benzene rings is 2. The lowest BCUT2D eigenvalue weighted by Gasteiger charge is -2.17. The van der Waals surface area contributed by atoms with E-state index in [2.05, 4.69) is 30.3 Å². The molecular weight excluding hydrogens is 270 g/mol. The van der Waals surface area contributed by atoms with Gasteiger partial charge in [0.25, 0.3) is 0 Å². The highest BCUT2D eigenvalue weighted by Gasteiger charge is 2.10. The van der Waals surface area contributed by atoms with Crippen LogP contribution in [0.2, 0.25) is 0 Å². The zero-order chi connectivity index (χ0) is 15.6. The summed E-state index contributed by atoms with van der Waals surface area (Å²) in [5.41, 5.74) is 8.35. The maximum absolute atomic E-state index is 9.36. The third-order valence-corrected chi connectivity index (χ3v) is 4.21. The molecule has 0 fully saturated rings. The summed E-state index contributed by atoms with van der Waals surface area (Å²) in [6, 6.07) is 18.3. The SMILES string of the molecule is NCCCCC(CCc1ccc(O)cc1)Cc1ccccc1. The molecular formula is C20H27NO. The molecule has 0 spiro atoms. The van der Waals surface area contributed by atoms with E-state index < -0.39 is 0 Å². The van der Waals surface area contributed by atoms with Gasteiger partial charge in [0.05, 0.1) is 0 Å². The molecule has 1 atom stereocenters. The molecule has 0 amide bonds. The summed E-state index contributed by atoms with van der Waals surface area (Å²) >= 11 is 0. The van der Waals surface area contributed by atoms with Crippen LogP contribution in [0.4, 0.5) is 0 Å². The molecule has 0 saturated carbocycles. The first kappa shape index (κ1) is 16.6. The summed E-state index contributed by atoms with van der Waals surface area (Å²) in [6.07, 6.45) is 6.96. The van der Waals surface area contributed by atoms with Gasteiger partial charge >= 0.3 is 0 Å². The second-order valence-electron chi connectivity index (χ2n) is 6.05. The number of rotatable bonds is 9. The van der Waals surface area contributed by atoms with E-state index in [4.69, 9.17) is 5.73 Å². The predicted octanol–water partition coefficient (Wildman–Crippen LogP) is 4.31. The van der Waals surface area contributed by atoms with E-state index in [9.17, 15) is 5.11 Å². The van der Waals surface area contributed by atoms with E-state index in [1.165, 1.54) is 30.4 Å². The Labute approximate surface area is 134 Å². The molecule has 0 aliphatic heterocycles. The van der Waals surface area contributed by atoms with Gasteiger partial charge in [-0.25, -0.2) is 0 Å². The molecule has 0 aliphatic rings. The molecule has 118 valence electrons. The molecule has 2 aromatic rings. The zero-order valence-electron chi connectivity index (χ0n) is 13.2. The van der Waals surface area contributed by atoms with Gasteiger partial charge in [-0.05, 0) is 61.4 Å². The Bertz CT molecular complexity index is 521. The first-order valence-corrected chi connectivity index (χ1v) is 8.30. The Kier molecular flexibility index (Phi) is 6.98. The number of phenolic OH excluding ortho intramolecular Hbond substituents is 1. The van der Waals surface area contributed by atoms with E-state index in [-0.39, 0.29) is 0 Å². The molecule has 1 unspecified atom stereocenters. The lowest BCUT2D eigenvalue weighted by Crippen LogP contribution is -2.08. The number of aryl methyl sites for hydroxylation is 1. The number of hydrogen-bond acceptors (Lipinski definition) is 2. The molecule has 0 heterocycles. The topological polar surface area (TPSA) is 46.2 Å². The van der Waals surface area contributed by atoms with Crippen molar-refractivity contribution in [3.8, 4) is 5.75 Å². The van der Waals surface area contributed by atoms with Gasteiger partial charge < -0.3 is 10.8 Å². The van der Waals surface area contributed by atoms with Crippen molar-refractivity contribution in [3.63, 3.8) is 0 Å². The second-order valence-corrected chi connectivity index (χ2v) is 6.05. The fraction of sp³-hybridized carbons (Fsp3) is 0.400. The van der Waals surface area contributed by atoms with Crippen molar-refractivity contribution in [2.24, 2.45) is 11.7 Å². The predicted molar refractivity (Wildman–Crippen MR) is 93.0 cm³/mol. The van der Waals surface area contributed by atoms with Gasteiger partial charge in [-0.2, -0.15) is 0 Å². The van der Waals surface area contributed by atoms with Crippen molar-refractivity contribution in [2.45, 2.75) is 38.5 Å². The van der Waals surface area contributed by atoms with Gasteiger partial charge in [0.15, 0.2) is 0 Å². The first-order chi connectivity index (χ1) is 10.8. The third-order valence-electron chi connectivity index (χ3n) is 4.21. The normalized spacial score (nSPS) is 12.2. The summed E-state index contributed by atoms with van der Waals surface area (Å²) in [5.74, 6) is 1.04. The van der Waals surface area contributed by atoms with Crippen molar-refractivity contribution < 1.29 is 5.11 Å². The monoisotopic (exact) mass is 297 g/mol.